The molecule has 0 heterocycles. The lowest BCUT2D eigenvalue weighted by Gasteiger charge is -2.08. The number of alkyl halides is 3. The number of carbonyl (C=O) groups is 1. The molecule has 0 unspecified atom stereocenters. The summed E-state index contributed by atoms with van der Waals surface area (Å²) in [5, 5.41) is 0.135. The van der Waals surface area contributed by atoms with Crippen LogP contribution in [0.2, 0.25) is 5.02 Å². The Hall–Kier alpha value is -1.27. The van der Waals surface area contributed by atoms with Crippen molar-refractivity contribution in [1.82, 2.24) is 5.48 Å². The molecule has 0 aromatic heterocycles. The number of amides is 1. The highest BCUT2D eigenvalue weighted by Crippen LogP contribution is 2.16. The van der Waals surface area contributed by atoms with Gasteiger partial charge in [0, 0.05) is 0 Å². The van der Waals surface area contributed by atoms with Gasteiger partial charge < -0.3 is 0 Å². The lowest BCUT2D eigenvalue weighted by Crippen LogP contribution is -2.29. The molecule has 0 atom stereocenters. The van der Waals surface area contributed by atoms with Crippen LogP contribution in [0.1, 0.15) is 10.4 Å². The van der Waals surface area contributed by atoms with E-state index in [1.807, 2.05) is 0 Å². The molecule has 0 aliphatic carbocycles. The summed E-state index contributed by atoms with van der Waals surface area (Å²) in [5.74, 6) is -0.824. The number of hydrogen-bond donors (Lipinski definition) is 1. The Labute approximate surface area is 94.1 Å². The number of hydroxylamine groups is 1. The van der Waals surface area contributed by atoms with E-state index in [2.05, 4.69) is 4.84 Å². The van der Waals surface area contributed by atoms with E-state index in [1.54, 1.807) is 11.5 Å². The minimum atomic E-state index is -4.49. The molecule has 1 N–H and O–H groups in total. The minimum absolute atomic E-state index is 0.0475. The minimum Gasteiger partial charge on any atom is -0.267 e. The van der Waals surface area contributed by atoms with E-state index in [4.69, 9.17) is 11.6 Å². The Morgan fingerprint density at radius 2 is 2.00 bits per heavy atom. The largest absolute Gasteiger partial charge is 0.414 e. The van der Waals surface area contributed by atoms with E-state index in [0.29, 0.717) is 0 Å². The zero-order chi connectivity index (χ0) is 12.2. The quantitative estimate of drug-likeness (QED) is 0.841. The molecular formula is C9H7ClF3NO2. The third-order valence-corrected chi connectivity index (χ3v) is 1.85. The van der Waals surface area contributed by atoms with Gasteiger partial charge in [-0.25, -0.2) is 5.48 Å². The molecule has 0 radical (unpaired) electrons. The highest BCUT2D eigenvalue weighted by molar-refractivity contribution is 6.33. The molecule has 7 heteroatoms. The van der Waals surface area contributed by atoms with E-state index in [-0.39, 0.29) is 10.6 Å². The van der Waals surface area contributed by atoms with Gasteiger partial charge in [0.25, 0.3) is 5.91 Å². The van der Waals surface area contributed by atoms with E-state index >= 15 is 0 Å². The number of halogens is 4. The Balaban J connectivity index is 2.51. The summed E-state index contributed by atoms with van der Waals surface area (Å²) in [4.78, 5) is 15.2. The van der Waals surface area contributed by atoms with Gasteiger partial charge in [0.05, 0.1) is 10.6 Å². The van der Waals surface area contributed by atoms with Crippen molar-refractivity contribution in [2.75, 3.05) is 6.61 Å². The van der Waals surface area contributed by atoms with Gasteiger partial charge in [-0.1, -0.05) is 23.7 Å². The summed E-state index contributed by atoms with van der Waals surface area (Å²) in [6.45, 7) is -1.55. The lowest BCUT2D eigenvalue weighted by atomic mass is 10.2. The summed E-state index contributed by atoms with van der Waals surface area (Å²) in [6, 6.07) is 5.94. The zero-order valence-electron chi connectivity index (χ0n) is 7.84. The van der Waals surface area contributed by atoms with Crippen LogP contribution in [0.3, 0.4) is 0 Å². The Morgan fingerprint density at radius 3 is 2.56 bits per heavy atom. The molecule has 0 bridgehead atoms. The van der Waals surface area contributed by atoms with E-state index < -0.39 is 18.7 Å². The molecule has 0 saturated heterocycles. The smallest absolute Gasteiger partial charge is 0.267 e. The van der Waals surface area contributed by atoms with Crippen LogP contribution < -0.4 is 5.48 Å². The summed E-state index contributed by atoms with van der Waals surface area (Å²) in [7, 11) is 0. The second-order valence-electron chi connectivity index (χ2n) is 2.81. The maximum atomic E-state index is 11.7. The van der Waals surface area contributed by atoms with Crippen molar-refractivity contribution < 1.29 is 22.8 Å². The molecule has 0 saturated carbocycles. The van der Waals surface area contributed by atoms with Gasteiger partial charge in [-0.2, -0.15) is 13.2 Å². The Kier molecular flexibility index (Phi) is 4.14. The zero-order valence-corrected chi connectivity index (χ0v) is 8.60. The average Bonchev–Trinajstić information content (AvgIpc) is 2.16. The summed E-state index contributed by atoms with van der Waals surface area (Å²) in [6.07, 6.45) is -4.49. The highest BCUT2D eigenvalue weighted by atomic mass is 35.5. The van der Waals surface area contributed by atoms with Crippen molar-refractivity contribution in [1.29, 1.82) is 0 Å². The summed E-state index contributed by atoms with van der Waals surface area (Å²) < 4.78 is 35.1. The van der Waals surface area contributed by atoms with Crippen molar-refractivity contribution in [3.63, 3.8) is 0 Å². The third-order valence-electron chi connectivity index (χ3n) is 1.52. The summed E-state index contributed by atoms with van der Waals surface area (Å²) >= 11 is 5.65. The molecule has 1 aromatic carbocycles. The van der Waals surface area contributed by atoms with Gasteiger partial charge in [-0.3, -0.25) is 9.63 Å². The molecule has 1 amide bonds. The normalized spacial score (nSPS) is 11.2. The number of carbonyl (C=O) groups excluding carboxylic acids is 1. The molecule has 0 fully saturated rings. The molecule has 1 aromatic rings. The standard InChI is InChI=1S/C9H7ClF3NO2/c10-7-4-2-1-3-6(7)8(15)14-16-5-9(11,12)13/h1-4H,5H2,(H,14,15). The molecule has 3 nitrogen and oxygen atoms in total. The predicted molar refractivity (Wildman–Crippen MR) is 50.9 cm³/mol. The molecular weight excluding hydrogens is 247 g/mol. The van der Waals surface area contributed by atoms with Crippen LogP contribution in [0.5, 0.6) is 0 Å². The summed E-state index contributed by atoms with van der Waals surface area (Å²) in [5.41, 5.74) is 1.70. The van der Waals surface area contributed by atoms with E-state index in [0.717, 1.165) is 0 Å². The maximum absolute atomic E-state index is 11.7. The van der Waals surface area contributed by atoms with Crippen LogP contribution in [0.15, 0.2) is 24.3 Å². The number of benzene rings is 1. The first-order chi connectivity index (χ1) is 7.40. The molecule has 0 aliphatic heterocycles. The van der Waals surface area contributed by atoms with Crippen LogP contribution in [0.4, 0.5) is 13.2 Å². The van der Waals surface area contributed by atoms with Crippen LogP contribution in [-0.4, -0.2) is 18.7 Å². The van der Waals surface area contributed by atoms with Gasteiger partial charge >= 0.3 is 6.18 Å². The van der Waals surface area contributed by atoms with Crippen molar-refractivity contribution in [3.8, 4) is 0 Å². The van der Waals surface area contributed by atoms with Crippen LogP contribution in [-0.2, 0) is 4.84 Å². The van der Waals surface area contributed by atoms with Crippen LogP contribution in [0, 0.1) is 0 Å². The first-order valence-electron chi connectivity index (χ1n) is 4.13. The van der Waals surface area contributed by atoms with Gasteiger partial charge in [-0.15, -0.1) is 0 Å². The Bertz CT molecular complexity index is 381. The maximum Gasteiger partial charge on any atom is 0.414 e. The van der Waals surface area contributed by atoms with E-state index in [9.17, 15) is 18.0 Å². The van der Waals surface area contributed by atoms with Gasteiger partial charge in [0.15, 0.2) is 6.61 Å². The van der Waals surface area contributed by atoms with Crippen LogP contribution >= 0.6 is 11.6 Å². The molecule has 0 spiro atoms. The predicted octanol–water partition coefficient (Wildman–Crippen LogP) is 2.56. The molecule has 88 valence electrons. The molecule has 1 rings (SSSR count). The monoisotopic (exact) mass is 253 g/mol. The number of nitrogens with one attached hydrogen (secondary N) is 1. The Morgan fingerprint density at radius 1 is 1.38 bits per heavy atom. The van der Waals surface area contributed by atoms with Crippen molar-refractivity contribution in [2.24, 2.45) is 0 Å². The lowest BCUT2D eigenvalue weighted by molar-refractivity contribution is -0.184. The molecule has 16 heavy (non-hydrogen) atoms. The number of hydrogen-bond acceptors (Lipinski definition) is 2. The molecule has 0 aliphatic rings. The number of rotatable bonds is 3. The fourth-order valence-electron chi connectivity index (χ4n) is 0.884. The van der Waals surface area contributed by atoms with Gasteiger partial charge in [-0.05, 0) is 12.1 Å². The highest BCUT2D eigenvalue weighted by Gasteiger charge is 2.28. The van der Waals surface area contributed by atoms with Crippen molar-refractivity contribution >= 4 is 17.5 Å². The third kappa shape index (κ3) is 4.08. The second kappa shape index (κ2) is 5.18. The average molecular weight is 254 g/mol. The second-order valence-corrected chi connectivity index (χ2v) is 3.22. The van der Waals surface area contributed by atoms with Crippen molar-refractivity contribution in [2.45, 2.75) is 6.18 Å². The first kappa shape index (κ1) is 12.8. The first-order valence-corrected chi connectivity index (χ1v) is 4.51. The van der Waals surface area contributed by atoms with Gasteiger partial charge in [0.1, 0.15) is 0 Å². The SMILES string of the molecule is O=C(NOCC(F)(F)F)c1ccccc1Cl. The fraction of sp³-hybridized carbons (Fsp3) is 0.222. The van der Waals surface area contributed by atoms with Crippen molar-refractivity contribution in [3.05, 3.63) is 34.9 Å². The van der Waals surface area contributed by atoms with E-state index in [1.165, 1.54) is 18.2 Å². The topological polar surface area (TPSA) is 38.3 Å². The van der Waals surface area contributed by atoms with Gasteiger partial charge in [0.2, 0.25) is 0 Å². The fourth-order valence-corrected chi connectivity index (χ4v) is 1.11. The van der Waals surface area contributed by atoms with Crippen LogP contribution in [0.25, 0.3) is 0 Å².